The summed E-state index contributed by atoms with van der Waals surface area (Å²) in [5.74, 6) is -0.835. The van der Waals surface area contributed by atoms with E-state index in [1.54, 1.807) is 0 Å². The van der Waals surface area contributed by atoms with Gasteiger partial charge in [0, 0.05) is 24.1 Å². The fourth-order valence-electron chi connectivity index (χ4n) is 2.94. The van der Waals surface area contributed by atoms with E-state index >= 15 is 0 Å². The molecule has 0 spiro atoms. The Labute approximate surface area is 130 Å². The first-order valence-electron chi connectivity index (χ1n) is 8.04. The Morgan fingerprint density at radius 2 is 1.77 bits per heavy atom. The molecule has 1 aliphatic rings. The van der Waals surface area contributed by atoms with Gasteiger partial charge in [-0.15, -0.1) is 0 Å². The molecular weight excluding hydrogens is 286 g/mol. The first-order valence-corrected chi connectivity index (χ1v) is 8.04. The van der Waals surface area contributed by atoms with Crippen molar-refractivity contribution >= 4 is 5.91 Å². The second-order valence-electron chi connectivity index (χ2n) is 6.06. The Balaban J connectivity index is 1.64. The third-order valence-electron chi connectivity index (χ3n) is 4.36. The smallest absolute Gasteiger partial charge is 0.223 e. The minimum atomic E-state index is -0.498. The number of amides is 1. The Kier molecular flexibility index (Phi) is 6.31. The van der Waals surface area contributed by atoms with Gasteiger partial charge in [-0.05, 0) is 57.1 Å². The second kappa shape index (κ2) is 8.22. The van der Waals surface area contributed by atoms with Gasteiger partial charge in [-0.2, -0.15) is 0 Å². The summed E-state index contributed by atoms with van der Waals surface area (Å²) >= 11 is 0. The van der Waals surface area contributed by atoms with Crippen LogP contribution >= 0.6 is 0 Å². The lowest BCUT2D eigenvalue weighted by molar-refractivity contribution is -0.126. The highest BCUT2D eigenvalue weighted by atomic mass is 19.1. The normalized spacial score (nSPS) is 21.6. The first kappa shape index (κ1) is 16.9. The average molecular weight is 310 g/mol. The molecule has 3 nitrogen and oxygen atoms in total. The molecule has 1 saturated carbocycles. The van der Waals surface area contributed by atoms with Gasteiger partial charge in [0.15, 0.2) is 0 Å². The lowest BCUT2D eigenvalue weighted by Gasteiger charge is -2.25. The van der Waals surface area contributed by atoms with E-state index in [1.807, 2.05) is 0 Å². The van der Waals surface area contributed by atoms with Crippen LogP contribution in [0.2, 0.25) is 0 Å². The minimum absolute atomic E-state index is 0.0730. The molecule has 122 valence electrons. The van der Waals surface area contributed by atoms with Crippen molar-refractivity contribution < 1.29 is 13.6 Å². The van der Waals surface area contributed by atoms with Gasteiger partial charge in [-0.1, -0.05) is 6.07 Å². The number of nitrogens with one attached hydrogen (secondary N) is 1. The van der Waals surface area contributed by atoms with Crippen molar-refractivity contribution in [3.8, 4) is 0 Å². The monoisotopic (exact) mass is 310 g/mol. The van der Waals surface area contributed by atoms with Crippen molar-refractivity contribution in [2.45, 2.75) is 51.0 Å². The third kappa shape index (κ3) is 4.77. The number of hydrogen-bond donors (Lipinski definition) is 2. The van der Waals surface area contributed by atoms with E-state index in [0.29, 0.717) is 25.8 Å². The van der Waals surface area contributed by atoms with Gasteiger partial charge in [-0.3, -0.25) is 4.79 Å². The molecular formula is C17H24F2N2O. The van der Waals surface area contributed by atoms with Crippen molar-refractivity contribution in [1.82, 2.24) is 5.32 Å². The molecule has 0 saturated heterocycles. The molecule has 5 heteroatoms. The highest BCUT2D eigenvalue weighted by Gasteiger charge is 2.23. The lowest BCUT2D eigenvalue weighted by Crippen LogP contribution is -2.36. The van der Waals surface area contributed by atoms with Crippen LogP contribution in [0, 0.1) is 17.6 Å². The Morgan fingerprint density at radius 3 is 2.41 bits per heavy atom. The van der Waals surface area contributed by atoms with Crippen molar-refractivity contribution in [3.05, 3.63) is 35.4 Å². The van der Waals surface area contributed by atoms with Gasteiger partial charge < -0.3 is 11.1 Å². The number of carbonyl (C=O) groups is 1. The van der Waals surface area contributed by atoms with Crippen LogP contribution in [0.1, 0.15) is 44.1 Å². The zero-order chi connectivity index (χ0) is 15.9. The highest BCUT2D eigenvalue weighted by molar-refractivity contribution is 5.78. The average Bonchev–Trinajstić information content (AvgIpc) is 2.50. The summed E-state index contributed by atoms with van der Waals surface area (Å²) in [5.41, 5.74) is 5.96. The molecule has 0 atom stereocenters. The SMILES string of the molecule is NC1CCC(C(=O)NCCCCc2c(F)cccc2F)CC1. The minimum Gasteiger partial charge on any atom is -0.356 e. The van der Waals surface area contributed by atoms with Gasteiger partial charge in [0.2, 0.25) is 5.91 Å². The zero-order valence-corrected chi connectivity index (χ0v) is 12.8. The largest absolute Gasteiger partial charge is 0.356 e. The van der Waals surface area contributed by atoms with E-state index in [-0.39, 0.29) is 23.4 Å². The fraction of sp³-hybridized carbons (Fsp3) is 0.588. The van der Waals surface area contributed by atoms with Gasteiger partial charge in [0.25, 0.3) is 0 Å². The maximum atomic E-state index is 13.4. The number of benzene rings is 1. The van der Waals surface area contributed by atoms with Crippen LogP contribution < -0.4 is 11.1 Å². The molecule has 0 aromatic heterocycles. The maximum Gasteiger partial charge on any atom is 0.223 e. The molecule has 0 aliphatic heterocycles. The molecule has 1 aliphatic carbocycles. The molecule has 0 heterocycles. The van der Waals surface area contributed by atoms with Crippen molar-refractivity contribution in [3.63, 3.8) is 0 Å². The van der Waals surface area contributed by atoms with E-state index in [1.165, 1.54) is 18.2 Å². The standard InChI is InChI=1S/C17H24F2N2O/c18-15-5-3-6-16(19)14(15)4-1-2-11-21-17(22)12-7-9-13(20)10-8-12/h3,5-6,12-13H,1-2,4,7-11,20H2,(H,21,22). The molecule has 22 heavy (non-hydrogen) atoms. The Hall–Kier alpha value is -1.49. The van der Waals surface area contributed by atoms with Gasteiger partial charge in [-0.25, -0.2) is 8.78 Å². The summed E-state index contributed by atoms with van der Waals surface area (Å²) in [4.78, 5) is 12.0. The summed E-state index contributed by atoms with van der Waals surface area (Å²) in [6.45, 7) is 0.553. The summed E-state index contributed by atoms with van der Waals surface area (Å²) in [7, 11) is 0. The van der Waals surface area contributed by atoms with Crippen LogP contribution in [0.4, 0.5) is 8.78 Å². The number of carbonyl (C=O) groups excluding carboxylic acids is 1. The molecule has 1 aromatic carbocycles. The van der Waals surface area contributed by atoms with Crippen LogP contribution in [-0.2, 0) is 11.2 Å². The topological polar surface area (TPSA) is 55.1 Å². The number of unbranched alkanes of at least 4 members (excludes halogenated alkanes) is 1. The number of hydrogen-bond acceptors (Lipinski definition) is 2. The van der Waals surface area contributed by atoms with E-state index in [4.69, 9.17) is 5.73 Å². The van der Waals surface area contributed by atoms with Crippen molar-refractivity contribution in [1.29, 1.82) is 0 Å². The van der Waals surface area contributed by atoms with Crippen molar-refractivity contribution in [2.24, 2.45) is 11.7 Å². The molecule has 1 aromatic rings. The molecule has 0 unspecified atom stereocenters. The van der Waals surface area contributed by atoms with Crippen LogP contribution in [0.15, 0.2) is 18.2 Å². The van der Waals surface area contributed by atoms with Crippen LogP contribution in [0.25, 0.3) is 0 Å². The summed E-state index contributed by atoms with van der Waals surface area (Å²) in [6, 6.07) is 4.14. The molecule has 0 radical (unpaired) electrons. The molecule has 1 amide bonds. The summed E-state index contributed by atoms with van der Waals surface area (Å²) in [5, 5.41) is 2.92. The summed E-state index contributed by atoms with van der Waals surface area (Å²) in [6.07, 6.45) is 5.24. The van der Waals surface area contributed by atoms with E-state index < -0.39 is 11.6 Å². The number of halogens is 2. The van der Waals surface area contributed by atoms with E-state index in [9.17, 15) is 13.6 Å². The molecule has 1 fully saturated rings. The van der Waals surface area contributed by atoms with Gasteiger partial charge in [0.05, 0.1) is 0 Å². The molecule has 2 rings (SSSR count). The number of rotatable bonds is 6. The predicted molar refractivity (Wildman–Crippen MR) is 82.2 cm³/mol. The fourth-order valence-corrected chi connectivity index (χ4v) is 2.94. The van der Waals surface area contributed by atoms with E-state index in [0.717, 1.165) is 25.7 Å². The lowest BCUT2D eigenvalue weighted by atomic mass is 9.86. The predicted octanol–water partition coefficient (Wildman–Crippen LogP) is 2.92. The maximum absolute atomic E-state index is 13.4. The van der Waals surface area contributed by atoms with E-state index in [2.05, 4.69) is 5.32 Å². The second-order valence-corrected chi connectivity index (χ2v) is 6.06. The first-order chi connectivity index (χ1) is 10.6. The highest BCUT2D eigenvalue weighted by Crippen LogP contribution is 2.23. The Morgan fingerprint density at radius 1 is 1.14 bits per heavy atom. The Bertz CT molecular complexity index is 479. The van der Waals surface area contributed by atoms with Gasteiger partial charge >= 0.3 is 0 Å². The zero-order valence-electron chi connectivity index (χ0n) is 12.8. The quantitative estimate of drug-likeness (QED) is 0.794. The van der Waals surface area contributed by atoms with Crippen LogP contribution in [-0.4, -0.2) is 18.5 Å². The molecule has 0 bridgehead atoms. The molecule has 3 N–H and O–H groups in total. The van der Waals surface area contributed by atoms with Gasteiger partial charge in [0.1, 0.15) is 11.6 Å². The summed E-state index contributed by atoms with van der Waals surface area (Å²) < 4.78 is 26.9. The van der Waals surface area contributed by atoms with Crippen LogP contribution in [0.5, 0.6) is 0 Å². The number of nitrogens with two attached hydrogens (primary N) is 1. The third-order valence-corrected chi connectivity index (χ3v) is 4.36. The van der Waals surface area contributed by atoms with Crippen molar-refractivity contribution in [2.75, 3.05) is 6.54 Å². The van der Waals surface area contributed by atoms with Crippen LogP contribution in [0.3, 0.4) is 0 Å².